The van der Waals surface area contributed by atoms with E-state index in [9.17, 15) is 14.3 Å². The van der Waals surface area contributed by atoms with E-state index in [0.29, 0.717) is 37.8 Å². The van der Waals surface area contributed by atoms with Crippen molar-refractivity contribution in [1.29, 1.82) is 0 Å². The van der Waals surface area contributed by atoms with E-state index in [-0.39, 0.29) is 5.02 Å². The summed E-state index contributed by atoms with van der Waals surface area (Å²) < 4.78 is 13.7. The van der Waals surface area contributed by atoms with E-state index in [2.05, 4.69) is 21.6 Å². The van der Waals surface area contributed by atoms with Gasteiger partial charge >= 0.3 is 6.09 Å². The molecule has 2 aliphatic rings. The molecule has 3 heterocycles. The second kappa shape index (κ2) is 9.87. The first-order valence-corrected chi connectivity index (χ1v) is 11.4. The van der Waals surface area contributed by atoms with Gasteiger partial charge in [-0.3, -0.25) is 4.90 Å². The maximum Gasteiger partial charge on any atom is 0.407 e. The first-order valence-electron chi connectivity index (χ1n) is 11.0. The van der Waals surface area contributed by atoms with Gasteiger partial charge in [0, 0.05) is 64.0 Å². The molecule has 0 aliphatic carbocycles. The Morgan fingerprint density at radius 2 is 1.72 bits per heavy atom. The molecule has 8 nitrogen and oxygen atoms in total. The summed E-state index contributed by atoms with van der Waals surface area (Å²) in [6.07, 6.45) is 0.226. The Morgan fingerprint density at radius 1 is 1.03 bits per heavy atom. The topological polar surface area (TPSA) is 76.0 Å². The molecule has 10 heteroatoms. The predicted octanol–water partition coefficient (Wildman–Crippen LogP) is 3.27. The van der Waals surface area contributed by atoms with Crippen LogP contribution in [-0.2, 0) is 0 Å². The lowest BCUT2D eigenvalue weighted by Gasteiger charge is -2.36. The van der Waals surface area contributed by atoms with Gasteiger partial charge in [-0.2, -0.15) is 4.98 Å². The Hall–Kier alpha value is -2.65. The quantitative estimate of drug-likeness (QED) is 0.730. The Bertz CT molecular complexity index is 961. The number of carbonyl (C=O) groups is 1. The van der Waals surface area contributed by atoms with Crippen molar-refractivity contribution in [3.8, 4) is 11.3 Å². The number of carboxylic acid groups (broad SMARTS) is 1. The van der Waals surface area contributed by atoms with Crippen LogP contribution in [0.15, 0.2) is 24.3 Å². The molecule has 2 aromatic rings. The molecule has 0 spiro atoms. The average molecular weight is 463 g/mol. The second-order valence-corrected chi connectivity index (χ2v) is 8.53. The Kier molecular flexibility index (Phi) is 6.95. The highest BCUT2D eigenvalue weighted by Gasteiger charge is 2.24. The number of benzene rings is 1. The van der Waals surface area contributed by atoms with Gasteiger partial charge in [0.05, 0.1) is 10.7 Å². The van der Waals surface area contributed by atoms with Crippen LogP contribution in [0, 0.1) is 5.82 Å². The number of piperazine rings is 2. The van der Waals surface area contributed by atoms with Crippen LogP contribution in [0.4, 0.5) is 21.0 Å². The van der Waals surface area contributed by atoms with Crippen molar-refractivity contribution < 1.29 is 14.3 Å². The Labute approximate surface area is 192 Å². The van der Waals surface area contributed by atoms with Crippen LogP contribution in [0.25, 0.3) is 11.3 Å². The van der Waals surface area contributed by atoms with Gasteiger partial charge in [-0.1, -0.05) is 18.5 Å². The van der Waals surface area contributed by atoms with Crippen molar-refractivity contribution in [1.82, 2.24) is 19.8 Å². The van der Waals surface area contributed by atoms with Crippen molar-refractivity contribution in [3.63, 3.8) is 0 Å². The minimum Gasteiger partial charge on any atom is -0.465 e. The lowest BCUT2D eigenvalue weighted by atomic mass is 10.1. The molecule has 0 unspecified atom stereocenters. The van der Waals surface area contributed by atoms with Crippen molar-refractivity contribution in [2.24, 2.45) is 0 Å². The van der Waals surface area contributed by atoms with Gasteiger partial charge in [-0.25, -0.2) is 14.2 Å². The van der Waals surface area contributed by atoms with Gasteiger partial charge in [0.25, 0.3) is 0 Å². The summed E-state index contributed by atoms with van der Waals surface area (Å²) in [5.41, 5.74) is 1.39. The van der Waals surface area contributed by atoms with Crippen molar-refractivity contribution in [2.45, 2.75) is 13.3 Å². The minimum atomic E-state index is -0.903. The molecule has 1 aromatic carbocycles. The summed E-state index contributed by atoms with van der Waals surface area (Å²) in [5, 5.41) is 9.29. The third-order valence-corrected chi connectivity index (χ3v) is 6.27. The lowest BCUT2D eigenvalue weighted by molar-refractivity contribution is 0.142. The maximum absolute atomic E-state index is 13.7. The van der Waals surface area contributed by atoms with E-state index >= 15 is 0 Å². The fourth-order valence-corrected chi connectivity index (χ4v) is 4.32. The molecule has 1 N–H and O–H groups in total. The van der Waals surface area contributed by atoms with Gasteiger partial charge < -0.3 is 19.8 Å². The van der Waals surface area contributed by atoms with Crippen LogP contribution in [-0.4, -0.2) is 89.9 Å². The molecule has 1 aromatic heterocycles. The summed E-state index contributed by atoms with van der Waals surface area (Å²) in [4.78, 5) is 29.0. The highest BCUT2D eigenvalue weighted by molar-refractivity contribution is 6.31. The Balaban J connectivity index is 1.63. The molecular formula is C22H28ClFN6O2. The summed E-state index contributed by atoms with van der Waals surface area (Å²) >= 11 is 6.03. The van der Waals surface area contributed by atoms with Crippen molar-refractivity contribution in [2.75, 3.05) is 68.7 Å². The summed E-state index contributed by atoms with van der Waals surface area (Å²) in [5.74, 6) is 0.906. The fraction of sp³-hybridized carbons (Fsp3) is 0.500. The molecule has 0 bridgehead atoms. The van der Waals surface area contributed by atoms with E-state index < -0.39 is 11.9 Å². The largest absolute Gasteiger partial charge is 0.465 e. The van der Waals surface area contributed by atoms with Crippen LogP contribution >= 0.6 is 11.6 Å². The average Bonchev–Trinajstić information content (AvgIpc) is 2.81. The minimum absolute atomic E-state index is 0.0486. The van der Waals surface area contributed by atoms with Gasteiger partial charge in [0.2, 0.25) is 5.95 Å². The third-order valence-electron chi connectivity index (χ3n) is 5.99. The van der Waals surface area contributed by atoms with E-state index in [1.165, 1.54) is 11.0 Å². The van der Waals surface area contributed by atoms with E-state index in [4.69, 9.17) is 21.6 Å². The zero-order chi connectivity index (χ0) is 22.7. The zero-order valence-corrected chi connectivity index (χ0v) is 18.9. The highest BCUT2D eigenvalue weighted by atomic mass is 35.5. The SMILES string of the molecule is CCCN1CCN(c2nc(-c3ccc(F)c(Cl)c3)cc(N3CCN(C(=O)O)CC3)n2)CC1. The molecule has 2 saturated heterocycles. The van der Waals surface area contributed by atoms with Crippen LogP contribution < -0.4 is 9.80 Å². The van der Waals surface area contributed by atoms with Gasteiger partial charge in [0.15, 0.2) is 0 Å². The van der Waals surface area contributed by atoms with Gasteiger partial charge in [-0.05, 0) is 31.2 Å². The molecule has 2 aliphatic heterocycles. The predicted molar refractivity (Wildman–Crippen MR) is 123 cm³/mol. The summed E-state index contributed by atoms with van der Waals surface area (Å²) in [6.45, 7) is 8.79. The fourth-order valence-electron chi connectivity index (χ4n) is 4.14. The van der Waals surface area contributed by atoms with Crippen LogP contribution in [0.1, 0.15) is 13.3 Å². The molecule has 0 radical (unpaired) electrons. The number of hydrogen-bond acceptors (Lipinski definition) is 6. The monoisotopic (exact) mass is 462 g/mol. The van der Waals surface area contributed by atoms with Crippen molar-refractivity contribution in [3.05, 3.63) is 35.1 Å². The molecule has 32 heavy (non-hydrogen) atoms. The number of halogens is 2. The van der Waals surface area contributed by atoms with Gasteiger partial charge in [-0.15, -0.1) is 0 Å². The normalized spacial score (nSPS) is 17.7. The number of nitrogens with zero attached hydrogens (tertiary/aromatic N) is 6. The number of hydrogen-bond donors (Lipinski definition) is 1. The molecule has 2 fully saturated rings. The lowest BCUT2D eigenvalue weighted by Crippen LogP contribution is -2.49. The first-order chi connectivity index (χ1) is 15.4. The summed E-state index contributed by atoms with van der Waals surface area (Å²) in [7, 11) is 0. The molecule has 0 atom stereocenters. The van der Waals surface area contributed by atoms with Crippen LogP contribution in [0.3, 0.4) is 0 Å². The number of amides is 1. The number of anilines is 2. The molecule has 0 saturated carbocycles. The zero-order valence-electron chi connectivity index (χ0n) is 18.2. The highest BCUT2D eigenvalue weighted by Crippen LogP contribution is 2.29. The smallest absolute Gasteiger partial charge is 0.407 e. The standard InChI is InChI=1S/C22H28ClFN6O2/c1-2-5-27-6-8-29(9-7-27)21-25-19(16-3-4-18(24)17(23)14-16)15-20(26-21)28-10-12-30(13-11-28)22(31)32/h3-4,14-15H,2,5-13H2,1H3,(H,31,32). The van der Waals surface area contributed by atoms with Crippen LogP contribution in [0.2, 0.25) is 5.02 Å². The summed E-state index contributed by atoms with van der Waals surface area (Å²) in [6, 6.07) is 6.46. The second-order valence-electron chi connectivity index (χ2n) is 8.13. The molecule has 1 amide bonds. The van der Waals surface area contributed by atoms with E-state index in [0.717, 1.165) is 50.5 Å². The van der Waals surface area contributed by atoms with Crippen LogP contribution in [0.5, 0.6) is 0 Å². The third kappa shape index (κ3) is 5.05. The van der Waals surface area contributed by atoms with Gasteiger partial charge in [0.1, 0.15) is 11.6 Å². The molecule has 4 rings (SSSR count). The number of rotatable bonds is 5. The van der Waals surface area contributed by atoms with Crippen molar-refractivity contribution >= 4 is 29.5 Å². The maximum atomic E-state index is 13.7. The first kappa shape index (κ1) is 22.5. The molecule has 172 valence electrons. The molecular weight excluding hydrogens is 435 g/mol. The van der Waals surface area contributed by atoms with E-state index in [1.807, 2.05) is 6.07 Å². The number of aromatic nitrogens is 2. The van der Waals surface area contributed by atoms with E-state index in [1.54, 1.807) is 12.1 Å². The Morgan fingerprint density at radius 3 is 2.34 bits per heavy atom.